The Morgan fingerprint density at radius 1 is 1.11 bits per heavy atom. The predicted octanol–water partition coefficient (Wildman–Crippen LogP) is 3.29. The number of fused-ring (bicyclic) bond motifs is 1. The molecule has 28 heavy (non-hydrogen) atoms. The number of nitrogens with one attached hydrogen (secondary N) is 1. The summed E-state index contributed by atoms with van der Waals surface area (Å²) in [6.45, 7) is 0.240. The minimum atomic E-state index is -0.350. The van der Waals surface area contributed by atoms with Crippen molar-refractivity contribution in [2.24, 2.45) is 0 Å². The van der Waals surface area contributed by atoms with Crippen molar-refractivity contribution >= 4 is 22.5 Å². The van der Waals surface area contributed by atoms with Crippen LogP contribution < -0.4 is 11.1 Å². The first-order valence-electron chi connectivity index (χ1n) is 8.41. The summed E-state index contributed by atoms with van der Waals surface area (Å²) in [5.41, 5.74) is 8.41. The molecule has 0 amide bonds. The van der Waals surface area contributed by atoms with Crippen molar-refractivity contribution in [3.63, 3.8) is 0 Å². The van der Waals surface area contributed by atoms with Crippen LogP contribution in [0.25, 0.3) is 22.2 Å². The highest BCUT2D eigenvalue weighted by atomic mass is 19.1. The lowest BCUT2D eigenvalue weighted by Gasteiger charge is -2.13. The van der Waals surface area contributed by atoms with Gasteiger partial charge in [0.25, 0.3) is 0 Å². The van der Waals surface area contributed by atoms with E-state index in [1.165, 1.54) is 12.4 Å². The normalized spacial score (nSPS) is 10.6. The van der Waals surface area contributed by atoms with Gasteiger partial charge in [-0.15, -0.1) is 0 Å². The van der Waals surface area contributed by atoms with Crippen LogP contribution in [0.4, 0.5) is 16.0 Å². The number of nitriles is 1. The zero-order chi connectivity index (χ0) is 19.5. The van der Waals surface area contributed by atoms with Gasteiger partial charge >= 0.3 is 0 Å². The van der Waals surface area contributed by atoms with Crippen LogP contribution in [0.15, 0.2) is 55.0 Å². The van der Waals surface area contributed by atoms with E-state index in [0.717, 1.165) is 0 Å². The van der Waals surface area contributed by atoms with Gasteiger partial charge in [-0.2, -0.15) is 5.26 Å². The molecule has 0 spiro atoms. The van der Waals surface area contributed by atoms with Gasteiger partial charge in [-0.05, 0) is 30.3 Å². The first-order chi connectivity index (χ1) is 13.7. The molecule has 8 heteroatoms. The van der Waals surface area contributed by atoms with Crippen molar-refractivity contribution in [3.8, 4) is 17.3 Å². The van der Waals surface area contributed by atoms with E-state index < -0.39 is 0 Å². The number of pyridine rings is 2. The fourth-order valence-corrected chi connectivity index (χ4v) is 2.89. The first kappa shape index (κ1) is 17.3. The largest absolute Gasteiger partial charge is 0.382 e. The van der Waals surface area contributed by atoms with E-state index >= 15 is 0 Å². The summed E-state index contributed by atoms with van der Waals surface area (Å²) in [6.07, 6.45) is 2.94. The van der Waals surface area contributed by atoms with Gasteiger partial charge in [-0.25, -0.2) is 14.4 Å². The molecule has 0 aliphatic rings. The topological polar surface area (TPSA) is 113 Å². The summed E-state index contributed by atoms with van der Waals surface area (Å²) in [5.74, 6) is 0.0543. The molecule has 0 fully saturated rings. The number of anilines is 2. The third-order valence-electron chi connectivity index (χ3n) is 4.24. The van der Waals surface area contributed by atoms with E-state index in [0.29, 0.717) is 33.7 Å². The average molecular weight is 371 g/mol. The predicted molar refractivity (Wildman–Crippen MR) is 103 cm³/mol. The molecule has 3 heterocycles. The summed E-state index contributed by atoms with van der Waals surface area (Å²) < 4.78 is 14.3. The van der Waals surface area contributed by atoms with Crippen molar-refractivity contribution in [2.45, 2.75) is 6.54 Å². The van der Waals surface area contributed by atoms with Gasteiger partial charge < -0.3 is 11.1 Å². The first-order valence-corrected chi connectivity index (χ1v) is 8.41. The minimum Gasteiger partial charge on any atom is -0.382 e. The summed E-state index contributed by atoms with van der Waals surface area (Å²) in [7, 11) is 0. The number of aromatic nitrogens is 4. The maximum atomic E-state index is 14.3. The Kier molecular flexibility index (Phi) is 4.48. The third kappa shape index (κ3) is 3.17. The summed E-state index contributed by atoms with van der Waals surface area (Å²) in [5, 5.41) is 12.8. The molecule has 0 saturated heterocycles. The maximum Gasteiger partial charge on any atom is 0.149 e. The molecule has 4 rings (SSSR count). The number of nitrogens with two attached hydrogens (primary N) is 1. The van der Waals surface area contributed by atoms with Gasteiger partial charge in [0, 0.05) is 17.1 Å². The third-order valence-corrected chi connectivity index (χ3v) is 4.24. The van der Waals surface area contributed by atoms with Crippen LogP contribution in [0.1, 0.15) is 11.3 Å². The monoisotopic (exact) mass is 371 g/mol. The number of benzene rings is 1. The van der Waals surface area contributed by atoms with Crippen molar-refractivity contribution in [1.82, 2.24) is 19.9 Å². The number of halogens is 1. The van der Waals surface area contributed by atoms with Crippen molar-refractivity contribution < 1.29 is 4.39 Å². The highest BCUT2D eigenvalue weighted by Gasteiger charge is 2.14. The molecule has 3 N–H and O–H groups in total. The second-order valence-electron chi connectivity index (χ2n) is 5.95. The van der Waals surface area contributed by atoms with Gasteiger partial charge in [0.2, 0.25) is 0 Å². The van der Waals surface area contributed by atoms with Crippen LogP contribution in [-0.4, -0.2) is 19.9 Å². The van der Waals surface area contributed by atoms with E-state index in [4.69, 9.17) is 5.73 Å². The van der Waals surface area contributed by atoms with E-state index in [1.807, 2.05) is 18.2 Å². The standard InChI is InChI=1S/C20H14FN7/c21-15-4-3-6-17-12(15)8-13(16-5-1-2-7-24-16)18(28-17)10-25-20-14(9-22)19(23)26-11-27-20/h1-8,11H,10H2,(H3,23,25,26,27). The van der Waals surface area contributed by atoms with Crippen molar-refractivity contribution in [1.29, 1.82) is 5.26 Å². The molecule has 4 aromatic rings. The van der Waals surface area contributed by atoms with Crippen molar-refractivity contribution in [2.75, 3.05) is 11.1 Å². The molecule has 0 aliphatic heterocycles. The Balaban J connectivity index is 1.80. The van der Waals surface area contributed by atoms with Crippen LogP contribution in [0.5, 0.6) is 0 Å². The van der Waals surface area contributed by atoms with Crippen LogP contribution in [0.3, 0.4) is 0 Å². The summed E-state index contributed by atoms with van der Waals surface area (Å²) >= 11 is 0. The van der Waals surface area contributed by atoms with Crippen LogP contribution >= 0.6 is 0 Å². The fraction of sp³-hybridized carbons (Fsp3) is 0.0500. The molecule has 0 unspecified atom stereocenters. The highest BCUT2D eigenvalue weighted by Crippen LogP contribution is 2.27. The van der Waals surface area contributed by atoms with Gasteiger partial charge in [0.1, 0.15) is 35.4 Å². The Bertz CT molecular complexity index is 1200. The SMILES string of the molecule is N#Cc1c(N)ncnc1NCc1nc2cccc(F)c2cc1-c1ccccn1. The lowest BCUT2D eigenvalue weighted by Crippen LogP contribution is -2.09. The molecule has 7 nitrogen and oxygen atoms in total. The summed E-state index contributed by atoms with van der Waals surface area (Å²) in [4.78, 5) is 16.9. The average Bonchev–Trinajstić information content (AvgIpc) is 2.72. The summed E-state index contributed by atoms with van der Waals surface area (Å²) in [6, 6.07) is 14.0. The zero-order valence-electron chi connectivity index (χ0n) is 14.6. The molecule has 1 aromatic carbocycles. The molecular formula is C20H14FN7. The van der Waals surface area contributed by atoms with Gasteiger partial charge in [0.15, 0.2) is 0 Å². The Morgan fingerprint density at radius 2 is 2.00 bits per heavy atom. The lowest BCUT2D eigenvalue weighted by molar-refractivity contribution is 0.639. The number of nitrogens with zero attached hydrogens (tertiary/aromatic N) is 5. The fourth-order valence-electron chi connectivity index (χ4n) is 2.89. The Hall–Kier alpha value is -4.12. The highest BCUT2D eigenvalue weighted by molar-refractivity contribution is 5.85. The maximum absolute atomic E-state index is 14.3. The van der Waals surface area contributed by atoms with Crippen LogP contribution in [0.2, 0.25) is 0 Å². The van der Waals surface area contributed by atoms with E-state index in [1.54, 1.807) is 30.5 Å². The minimum absolute atomic E-state index is 0.0958. The second kappa shape index (κ2) is 7.25. The molecule has 0 radical (unpaired) electrons. The van der Waals surface area contributed by atoms with Gasteiger partial charge in [-0.3, -0.25) is 9.97 Å². The molecule has 0 bridgehead atoms. The quantitative estimate of drug-likeness (QED) is 0.566. The van der Waals surface area contributed by atoms with Crippen LogP contribution in [0, 0.1) is 17.1 Å². The lowest BCUT2D eigenvalue weighted by atomic mass is 10.0. The molecule has 0 aliphatic carbocycles. The number of rotatable bonds is 4. The van der Waals surface area contributed by atoms with Gasteiger partial charge in [0.05, 0.1) is 23.4 Å². The number of nitrogen functional groups attached to an aromatic ring is 1. The Labute approximate surface area is 159 Å². The number of hydrogen-bond donors (Lipinski definition) is 2. The van der Waals surface area contributed by atoms with E-state index in [-0.39, 0.29) is 23.7 Å². The van der Waals surface area contributed by atoms with Crippen molar-refractivity contribution in [3.05, 3.63) is 72.1 Å². The number of hydrogen-bond acceptors (Lipinski definition) is 7. The van der Waals surface area contributed by atoms with Crippen LogP contribution in [-0.2, 0) is 6.54 Å². The molecule has 136 valence electrons. The zero-order valence-corrected chi connectivity index (χ0v) is 14.6. The molecule has 0 saturated carbocycles. The molecular weight excluding hydrogens is 357 g/mol. The smallest absolute Gasteiger partial charge is 0.149 e. The molecule has 3 aromatic heterocycles. The molecule has 0 atom stereocenters. The van der Waals surface area contributed by atoms with Gasteiger partial charge in [-0.1, -0.05) is 12.1 Å². The Morgan fingerprint density at radius 3 is 2.79 bits per heavy atom. The van der Waals surface area contributed by atoms with E-state index in [2.05, 4.69) is 25.3 Å². The van der Waals surface area contributed by atoms with E-state index in [9.17, 15) is 9.65 Å². The second-order valence-corrected chi connectivity index (χ2v) is 5.95.